The Kier molecular flexibility index (Phi) is 8.14. The molecule has 2 rings (SSSR count). The van der Waals surface area contributed by atoms with Crippen LogP contribution in [-0.2, 0) is 4.79 Å². The number of carbonyl (C=O) groups is 2. The standard InChI is InChI=1S/C24H28INO3/c1-4-6-10-14-24(25)16-15-23(3,26-20(11-5-2)22(28)29)19(17-24)21(27)18-12-8-7-9-13-18/h5,7-9,12-13,15-17H,2,4,6,10-11,14H2,1,3H3,(H,28,29). The number of carbonyl (C=O) groups excluding carboxylic acids is 1. The minimum atomic E-state index is -1.10. The Morgan fingerprint density at radius 2 is 1.90 bits per heavy atom. The second kappa shape index (κ2) is 10.1. The van der Waals surface area contributed by atoms with Crippen LogP contribution in [0.2, 0.25) is 0 Å². The molecule has 154 valence electrons. The molecule has 0 heterocycles. The predicted octanol–water partition coefficient (Wildman–Crippen LogP) is 5.98. The smallest absolute Gasteiger partial charge is 0.350 e. The van der Waals surface area contributed by atoms with Gasteiger partial charge in [0.05, 0.1) is 3.42 Å². The summed E-state index contributed by atoms with van der Waals surface area (Å²) in [5.74, 6) is -1.22. The molecule has 1 aromatic carbocycles. The van der Waals surface area contributed by atoms with Crippen molar-refractivity contribution in [3.05, 3.63) is 72.4 Å². The van der Waals surface area contributed by atoms with Crippen LogP contribution in [0.15, 0.2) is 71.8 Å². The van der Waals surface area contributed by atoms with Gasteiger partial charge in [0.1, 0.15) is 11.3 Å². The van der Waals surface area contributed by atoms with Crippen molar-refractivity contribution in [1.29, 1.82) is 0 Å². The molecule has 0 aliphatic heterocycles. The SMILES string of the molecule is C=CCC(=NC1(C)C=CC(I)(CCCCC)C=C1C(=O)c1ccccc1)C(=O)O. The number of hydrogen-bond donors (Lipinski definition) is 1. The van der Waals surface area contributed by atoms with E-state index in [0.717, 1.165) is 25.7 Å². The zero-order chi connectivity index (χ0) is 21.5. The third-order valence-electron chi connectivity index (χ3n) is 5.01. The van der Waals surface area contributed by atoms with Crippen LogP contribution in [0.1, 0.15) is 56.3 Å². The van der Waals surface area contributed by atoms with E-state index in [2.05, 4.69) is 47.2 Å². The van der Waals surface area contributed by atoms with Gasteiger partial charge in [0.15, 0.2) is 5.78 Å². The normalized spacial score (nSPS) is 24.1. The van der Waals surface area contributed by atoms with Gasteiger partial charge in [-0.15, -0.1) is 6.58 Å². The maximum Gasteiger partial charge on any atom is 0.350 e. The minimum Gasteiger partial charge on any atom is -0.477 e. The summed E-state index contributed by atoms with van der Waals surface area (Å²) in [7, 11) is 0. The Morgan fingerprint density at radius 1 is 1.21 bits per heavy atom. The van der Waals surface area contributed by atoms with Gasteiger partial charge in [-0.25, -0.2) is 4.79 Å². The van der Waals surface area contributed by atoms with Gasteiger partial charge in [0.2, 0.25) is 0 Å². The number of aliphatic carboxylic acids is 1. The Labute approximate surface area is 186 Å². The number of alkyl halides is 1. The largest absolute Gasteiger partial charge is 0.477 e. The van der Waals surface area contributed by atoms with Crippen LogP contribution >= 0.6 is 22.6 Å². The third-order valence-corrected chi connectivity index (χ3v) is 6.22. The molecule has 0 radical (unpaired) electrons. The Balaban J connectivity index is 2.53. The van der Waals surface area contributed by atoms with Crippen LogP contribution in [-0.4, -0.2) is 31.5 Å². The molecule has 1 aromatic rings. The molecule has 0 fully saturated rings. The molecule has 0 amide bonds. The average Bonchev–Trinajstić information content (AvgIpc) is 2.70. The number of hydrogen-bond acceptors (Lipinski definition) is 3. The number of unbranched alkanes of at least 4 members (excludes halogenated alkanes) is 2. The molecule has 0 spiro atoms. The van der Waals surface area contributed by atoms with Crippen LogP contribution < -0.4 is 0 Å². The summed E-state index contributed by atoms with van der Waals surface area (Å²) in [6.07, 6.45) is 11.8. The van der Waals surface area contributed by atoms with Gasteiger partial charge in [-0.2, -0.15) is 0 Å². The van der Waals surface area contributed by atoms with E-state index >= 15 is 0 Å². The number of nitrogens with zero attached hydrogens (tertiary/aromatic N) is 1. The van der Waals surface area contributed by atoms with Crippen molar-refractivity contribution < 1.29 is 14.7 Å². The molecule has 1 aliphatic rings. The zero-order valence-corrected chi connectivity index (χ0v) is 19.2. The number of carboxylic acid groups (broad SMARTS) is 1. The Bertz CT molecular complexity index is 856. The van der Waals surface area contributed by atoms with Crippen LogP contribution in [0.4, 0.5) is 0 Å². The Morgan fingerprint density at radius 3 is 2.48 bits per heavy atom. The van der Waals surface area contributed by atoms with Gasteiger partial charge in [-0.05, 0) is 13.3 Å². The first-order valence-electron chi connectivity index (χ1n) is 9.90. The molecule has 0 saturated carbocycles. The molecular weight excluding hydrogens is 477 g/mol. The van der Waals surface area contributed by atoms with Crippen molar-refractivity contribution in [3.63, 3.8) is 0 Å². The van der Waals surface area contributed by atoms with Gasteiger partial charge in [0, 0.05) is 17.6 Å². The van der Waals surface area contributed by atoms with Gasteiger partial charge >= 0.3 is 5.97 Å². The van der Waals surface area contributed by atoms with Crippen LogP contribution in [0.3, 0.4) is 0 Å². The van der Waals surface area contributed by atoms with Crippen molar-refractivity contribution in [2.24, 2.45) is 4.99 Å². The van der Waals surface area contributed by atoms with Crippen molar-refractivity contribution in [1.82, 2.24) is 0 Å². The maximum atomic E-state index is 13.4. The summed E-state index contributed by atoms with van der Waals surface area (Å²) in [6, 6.07) is 9.07. The summed E-state index contributed by atoms with van der Waals surface area (Å²) < 4.78 is -0.288. The van der Waals surface area contributed by atoms with Gasteiger partial charge in [0.25, 0.3) is 0 Å². The van der Waals surface area contributed by atoms with Crippen molar-refractivity contribution >= 4 is 40.1 Å². The van der Waals surface area contributed by atoms with Crippen LogP contribution in [0.5, 0.6) is 0 Å². The minimum absolute atomic E-state index is 0.00847. The van der Waals surface area contributed by atoms with E-state index in [0.29, 0.717) is 11.1 Å². The summed E-state index contributed by atoms with van der Waals surface area (Å²) in [5, 5.41) is 9.53. The quantitative estimate of drug-likeness (QED) is 0.106. The third kappa shape index (κ3) is 5.98. The number of halogens is 1. The number of allylic oxidation sites excluding steroid dienone is 3. The van der Waals surface area contributed by atoms with E-state index in [9.17, 15) is 14.7 Å². The molecule has 29 heavy (non-hydrogen) atoms. The highest BCUT2D eigenvalue weighted by atomic mass is 127. The fourth-order valence-corrected chi connectivity index (χ4v) is 4.23. The monoisotopic (exact) mass is 505 g/mol. The van der Waals surface area contributed by atoms with Crippen LogP contribution in [0, 0.1) is 0 Å². The summed E-state index contributed by atoms with van der Waals surface area (Å²) in [6.45, 7) is 7.58. The molecule has 1 N–H and O–H groups in total. The number of aliphatic imine (C=N–C) groups is 1. The highest BCUT2D eigenvalue weighted by Crippen LogP contribution is 2.41. The number of rotatable bonds is 10. The first-order valence-corrected chi connectivity index (χ1v) is 11.0. The number of Topliss-reactive ketones (excluding diaryl/α,β-unsaturated/α-hetero) is 1. The topological polar surface area (TPSA) is 66.7 Å². The second-order valence-corrected chi connectivity index (χ2v) is 9.48. The molecule has 1 aliphatic carbocycles. The van der Waals surface area contributed by atoms with Crippen molar-refractivity contribution in [3.8, 4) is 0 Å². The zero-order valence-electron chi connectivity index (χ0n) is 17.0. The summed E-state index contributed by atoms with van der Waals surface area (Å²) >= 11 is 2.38. The second-order valence-electron chi connectivity index (χ2n) is 7.47. The van der Waals surface area contributed by atoms with E-state index in [1.807, 2.05) is 30.4 Å². The first-order chi connectivity index (χ1) is 13.7. The van der Waals surface area contributed by atoms with Crippen molar-refractivity contribution in [2.45, 2.75) is 54.9 Å². The lowest BCUT2D eigenvalue weighted by atomic mass is 9.78. The van der Waals surface area contributed by atoms with Gasteiger partial charge in [-0.3, -0.25) is 9.79 Å². The molecule has 5 heteroatoms. The van der Waals surface area contributed by atoms with Crippen molar-refractivity contribution in [2.75, 3.05) is 0 Å². The highest BCUT2D eigenvalue weighted by Gasteiger charge is 2.39. The lowest BCUT2D eigenvalue weighted by Crippen LogP contribution is -2.36. The number of carboxylic acids is 1. The lowest BCUT2D eigenvalue weighted by Gasteiger charge is -2.34. The van der Waals surface area contributed by atoms with Gasteiger partial charge in [-0.1, -0.05) is 103 Å². The number of benzene rings is 1. The van der Waals surface area contributed by atoms with E-state index in [-0.39, 0.29) is 21.3 Å². The number of ketones is 1. The molecule has 0 bridgehead atoms. The molecule has 4 nitrogen and oxygen atoms in total. The van der Waals surface area contributed by atoms with E-state index in [1.165, 1.54) is 6.08 Å². The fraction of sp³-hybridized carbons (Fsp3) is 0.375. The molecule has 0 saturated heterocycles. The fourth-order valence-electron chi connectivity index (χ4n) is 3.36. The first kappa shape index (κ1) is 23.3. The summed E-state index contributed by atoms with van der Waals surface area (Å²) in [5.41, 5.74) is 0.0393. The Hall–Kier alpha value is -2.02. The molecule has 2 atom stereocenters. The highest BCUT2D eigenvalue weighted by molar-refractivity contribution is 14.1. The molecule has 0 aromatic heterocycles. The van der Waals surface area contributed by atoms with E-state index in [4.69, 9.17) is 0 Å². The predicted molar refractivity (Wildman–Crippen MR) is 127 cm³/mol. The maximum absolute atomic E-state index is 13.4. The molecular formula is C24H28INO3. The van der Waals surface area contributed by atoms with E-state index < -0.39 is 11.5 Å². The van der Waals surface area contributed by atoms with Crippen LogP contribution in [0.25, 0.3) is 0 Å². The average molecular weight is 505 g/mol. The lowest BCUT2D eigenvalue weighted by molar-refractivity contribution is -0.129. The summed E-state index contributed by atoms with van der Waals surface area (Å²) in [4.78, 5) is 29.6. The van der Waals surface area contributed by atoms with E-state index in [1.54, 1.807) is 19.1 Å². The molecule has 2 unspecified atom stereocenters. The van der Waals surface area contributed by atoms with Gasteiger partial charge < -0.3 is 5.11 Å².